The molecule has 1 atom stereocenters. The lowest BCUT2D eigenvalue weighted by Crippen LogP contribution is -2.30. The summed E-state index contributed by atoms with van der Waals surface area (Å²) in [5, 5.41) is 9.49. The van der Waals surface area contributed by atoms with Gasteiger partial charge in [-0.15, -0.1) is 0 Å². The monoisotopic (exact) mass is 274 g/mol. The fourth-order valence-corrected chi connectivity index (χ4v) is 1.84. The number of carbonyl (C=O) groups excluding carboxylic acids is 1. The highest BCUT2D eigenvalue weighted by molar-refractivity contribution is 5.74. The second-order valence-corrected chi connectivity index (χ2v) is 4.29. The Balaban J connectivity index is 0.00000200. The highest BCUT2D eigenvalue weighted by Crippen LogP contribution is 2.15. The summed E-state index contributed by atoms with van der Waals surface area (Å²) in [7, 11) is 0. The first-order valence-electron chi connectivity index (χ1n) is 5.92. The molecule has 0 bridgehead atoms. The molecule has 0 aliphatic rings. The largest absolute Gasteiger partial charge is 0.392 e. The Kier molecular flexibility index (Phi) is 5.34. The number of nitrogens with zero attached hydrogens (tertiary/aromatic N) is 2. The molecular weight excluding hydrogens is 256 g/mol. The molecule has 1 unspecified atom stereocenters. The number of hydrogen-bond donors (Lipinski definition) is 1. The van der Waals surface area contributed by atoms with E-state index in [4.69, 9.17) is 0 Å². The molecule has 1 aromatic carbocycles. The standard InChI is InChI=1S/C14H14N2O3.CH4/c1-10(18)8-16-13(11-5-3-2-4-6-11)15-7-12(9-17)14(16)19;/h2-7,9-10,18H,8H2,1H3;1H4. The van der Waals surface area contributed by atoms with Crippen LogP contribution in [0.25, 0.3) is 11.4 Å². The molecule has 5 heteroatoms. The van der Waals surface area contributed by atoms with E-state index in [1.807, 2.05) is 30.3 Å². The van der Waals surface area contributed by atoms with Crippen molar-refractivity contribution in [3.63, 3.8) is 0 Å². The molecule has 0 saturated heterocycles. The van der Waals surface area contributed by atoms with Crippen molar-refractivity contribution in [2.75, 3.05) is 0 Å². The van der Waals surface area contributed by atoms with Gasteiger partial charge in [0.15, 0.2) is 6.29 Å². The van der Waals surface area contributed by atoms with E-state index in [0.29, 0.717) is 12.1 Å². The molecule has 0 saturated carbocycles. The zero-order chi connectivity index (χ0) is 13.8. The van der Waals surface area contributed by atoms with Gasteiger partial charge in [0.25, 0.3) is 5.56 Å². The van der Waals surface area contributed by atoms with Crippen molar-refractivity contribution in [2.24, 2.45) is 0 Å². The number of aliphatic hydroxyl groups excluding tert-OH is 1. The van der Waals surface area contributed by atoms with Gasteiger partial charge >= 0.3 is 0 Å². The summed E-state index contributed by atoms with van der Waals surface area (Å²) in [6.45, 7) is 1.67. The van der Waals surface area contributed by atoms with E-state index in [9.17, 15) is 14.7 Å². The lowest BCUT2D eigenvalue weighted by molar-refractivity contribution is 0.111. The average molecular weight is 274 g/mol. The van der Waals surface area contributed by atoms with E-state index < -0.39 is 11.7 Å². The lowest BCUT2D eigenvalue weighted by atomic mass is 10.2. The number of aldehydes is 1. The zero-order valence-electron chi connectivity index (χ0n) is 10.5. The summed E-state index contributed by atoms with van der Waals surface area (Å²) < 4.78 is 1.32. The highest BCUT2D eigenvalue weighted by atomic mass is 16.3. The van der Waals surface area contributed by atoms with Crippen LogP contribution in [0.1, 0.15) is 24.7 Å². The van der Waals surface area contributed by atoms with Gasteiger partial charge in [0.1, 0.15) is 5.82 Å². The molecule has 0 spiro atoms. The van der Waals surface area contributed by atoms with Gasteiger partial charge in [0, 0.05) is 11.8 Å². The van der Waals surface area contributed by atoms with E-state index in [2.05, 4.69) is 4.98 Å². The van der Waals surface area contributed by atoms with Crippen molar-refractivity contribution in [3.8, 4) is 11.4 Å². The van der Waals surface area contributed by atoms with E-state index in [1.54, 1.807) is 6.92 Å². The van der Waals surface area contributed by atoms with Gasteiger partial charge in [0.2, 0.25) is 0 Å². The maximum Gasteiger partial charge on any atom is 0.264 e. The summed E-state index contributed by atoms with van der Waals surface area (Å²) in [5.41, 5.74) is 0.308. The SMILES string of the molecule is C.CC(O)Cn1c(-c2ccccc2)ncc(C=O)c1=O. The first kappa shape index (κ1) is 15.8. The molecule has 0 fully saturated rings. The number of hydrogen-bond acceptors (Lipinski definition) is 4. The van der Waals surface area contributed by atoms with Gasteiger partial charge in [-0.3, -0.25) is 14.2 Å². The van der Waals surface area contributed by atoms with Gasteiger partial charge in [-0.1, -0.05) is 37.8 Å². The van der Waals surface area contributed by atoms with Crippen molar-refractivity contribution in [2.45, 2.75) is 27.0 Å². The van der Waals surface area contributed by atoms with Crippen LogP contribution in [0.3, 0.4) is 0 Å². The first-order chi connectivity index (χ1) is 9.13. The third-order valence-electron chi connectivity index (χ3n) is 2.68. The normalized spacial score (nSPS) is 11.5. The van der Waals surface area contributed by atoms with Crippen LogP contribution in [-0.4, -0.2) is 27.0 Å². The van der Waals surface area contributed by atoms with Gasteiger partial charge in [-0.05, 0) is 6.92 Å². The summed E-state index contributed by atoms with van der Waals surface area (Å²) in [5.74, 6) is 0.442. The molecule has 0 aliphatic carbocycles. The van der Waals surface area contributed by atoms with Crippen LogP contribution < -0.4 is 5.56 Å². The van der Waals surface area contributed by atoms with E-state index >= 15 is 0 Å². The maximum atomic E-state index is 12.1. The minimum Gasteiger partial charge on any atom is -0.392 e. The number of aliphatic hydroxyl groups is 1. The van der Waals surface area contributed by atoms with Gasteiger partial charge < -0.3 is 5.11 Å². The van der Waals surface area contributed by atoms with Crippen LogP contribution in [0.4, 0.5) is 0 Å². The van der Waals surface area contributed by atoms with Crippen molar-refractivity contribution in [3.05, 3.63) is 52.4 Å². The molecule has 20 heavy (non-hydrogen) atoms. The van der Waals surface area contributed by atoms with E-state index in [1.165, 1.54) is 10.8 Å². The summed E-state index contributed by atoms with van der Waals surface area (Å²) >= 11 is 0. The summed E-state index contributed by atoms with van der Waals surface area (Å²) in [6.07, 6.45) is 1.03. The second kappa shape index (κ2) is 6.77. The molecule has 1 N–H and O–H groups in total. The average Bonchev–Trinajstić information content (AvgIpc) is 2.41. The third kappa shape index (κ3) is 3.19. The van der Waals surface area contributed by atoms with Crippen LogP contribution in [-0.2, 0) is 6.54 Å². The quantitative estimate of drug-likeness (QED) is 0.862. The van der Waals surface area contributed by atoms with Gasteiger partial charge in [-0.2, -0.15) is 0 Å². The second-order valence-electron chi connectivity index (χ2n) is 4.29. The first-order valence-corrected chi connectivity index (χ1v) is 5.92. The summed E-state index contributed by atoms with van der Waals surface area (Å²) in [6, 6.07) is 9.17. The Bertz CT molecular complexity index is 633. The minimum atomic E-state index is -0.705. The topological polar surface area (TPSA) is 72.2 Å². The Hall–Kier alpha value is -2.27. The Labute approximate surface area is 117 Å². The molecule has 2 rings (SSSR count). The van der Waals surface area contributed by atoms with Crippen LogP contribution in [0, 0.1) is 0 Å². The maximum absolute atomic E-state index is 12.1. The number of rotatable bonds is 4. The van der Waals surface area contributed by atoms with Crippen LogP contribution in [0.5, 0.6) is 0 Å². The molecule has 106 valence electrons. The van der Waals surface area contributed by atoms with Crippen molar-refractivity contribution in [1.82, 2.24) is 9.55 Å². The van der Waals surface area contributed by atoms with Gasteiger partial charge in [-0.25, -0.2) is 4.98 Å². The van der Waals surface area contributed by atoms with Gasteiger partial charge in [0.05, 0.1) is 18.2 Å². The molecule has 0 aliphatic heterocycles. The Morgan fingerprint density at radius 1 is 1.35 bits per heavy atom. The van der Waals surface area contributed by atoms with Crippen molar-refractivity contribution in [1.29, 1.82) is 0 Å². The predicted octanol–water partition coefficient (Wildman–Crippen LogP) is 1.74. The minimum absolute atomic E-state index is 0. The Morgan fingerprint density at radius 2 is 2.00 bits per heavy atom. The summed E-state index contributed by atoms with van der Waals surface area (Å²) in [4.78, 5) is 27.1. The molecular formula is C15H18N2O3. The molecule has 5 nitrogen and oxygen atoms in total. The van der Waals surface area contributed by atoms with Crippen LogP contribution in [0.2, 0.25) is 0 Å². The molecule has 2 aromatic rings. The number of benzene rings is 1. The number of carbonyl (C=O) groups is 1. The fraction of sp³-hybridized carbons (Fsp3) is 0.267. The number of aromatic nitrogens is 2. The predicted molar refractivity (Wildman–Crippen MR) is 77.7 cm³/mol. The van der Waals surface area contributed by atoms with Crippen LogP contribution in [0.15, 0.2) is 41.3 Å². The molecule has 1 heterocycles. The van der Waals surface area contributed by atoms with Crippen molar-refractivity contribution < 1.29 is 9.90 Å². The zero-order valence-corrected chi connectivity index (χ0v) is 10.5. The van der Waals surface area contributed by atoms with Crippen LogP contribution >= 0.6 is 0 Å². The Morgan fingerprint density at radius 3 is 2.55 bits per heavy atom. The fourth-order valence-electron chi connectivity index (χ4n) is 1.84. The van der Waals surface area contributed by atoms with E-state index in [0.717, 1.165) is 5.56 Å². The highest BCUT2D eigenvalue weighted by Gasteiger charge is 2.13. The molecule has 0 amide bonds. The smallest absolute Gasteiger partial charge is 0.264 e. The van der Waals surface area contributed by atoms with E-state index in [-0.39, 0.29) is 19.5 Å². The third-order valence-corrected chi connectivity index (χ3v) is 2.68. The molecule has 1 aromatic heterocycles. The lowest BCUT2D eigenvalue weighted by Gasteiger charge is -2.13. The molecule has 0 radical (unpaired) electrons. The van der Waals surface area contributed by atoms with Crippen molar-refractivity contribution >= 4 is 6.29 Å².